The average molecular weight is 354 g/mol. The van der Waals surface area contributed by atoms with Gasteiger partial charge in [-0.05, 0) is 29.8 Å². The van der Waals surface area contributed by atoms with Crippen molar-refractivity contribution in [2.24, 2.45) is 0 Å². The predicted octanol–water partition coefficient (Wildman–Crippen LogP) is 4.64. The first-order valence-electron chi connectivity index (χ1n) is 5.18. The molecule has 1 nitrogen and oxygen atoms in total. The maximum atomic E-state index is 12.0. The van der Waals surface area contributed by atoms with E-state index in [0.29, 0.717) is 6.42 Å². The Morgan fingerprint density at radius 1 is 0.941 bits per heavy atom. The quantitative estimate of drug-likeness (QED) is 0.735. The second-order valence-corrected chi connectivity index (χ2v) is 5.57. The molecule has 0 unspecified atom stereocenters. The van der Waals surface area contributed by atoms with Gasteiger partial charge in [-0.1, -0.05) is 56.1 Å². The van der Waals surface area contributed by atoms with Gasteiger partial charge >= 0.3 is 0 Å². The molecule has 0 N–H and O–H groups in total. The Labute approximate surface area is 117 Å². The molecule has 17 heavy (non-hydrogen) atoms. The summed E-state index contributed by atoms with van der Waals surface area (Å²) in [6.07, 6.45) is 0.432. The van der Waals surface area contributed by atoms with Crippen LogP contribution >= 0.6 is 31.9 Å². The van der Waals surface area contributed by atoms with Crippen molar-refractivity contribution < 1.29 is 4.79 Å². The van der Waals surface area contributed by atoms with Crippen LogP contribution in [0.4, 0.5) is 0 Å². The average Bonchev–Trinajstić information content (AvgIpc) is 2.29. The normalized spacial score (nSPS) is 10.2. The van der Waals surface area contributed by atoms with Crippen LogP contribution in [-0.4, -0.2) is 5.78 Å². The number of hydrogen-bond donors (Lipinski definition) is 0. The van der Waals surface area contributed by atoms with Gasteiger partial charge in [0.05, 0.1) is 0 Å². The van der Waals surface area contributed by atoms with E-state index >= 15 is 0 Å². The third kappa shape index (κ3) is 3.51. The maximum Gasteiger partial charge on any atom is 0.167 e. The van der Waals surface area contributed by atoms with Crippen molar-refractivity contribution in [3.63, 3.8) is 0 Å². The molecule has 0 atom stereocenters. The van der Waals surface area contributed by atoms with Gasteiger partial charge in [0.2, 0.25) is 0 Å². The summed E-state index contributed by atoms with van der Waals surface area (Å²) in [4.78, 5) is 12.0. The van der Waals surface area contributed by atoms with E-state index in [2.05, 4.69) is 31.9 Å². The molecule has 0 aliphatic heterocycles. The van der Waals surface area contributed by atoms with Crippen LogP contribution in [0.15, 0.2) is 57.5 Å². The Hall–Kier alpha value is -0.930. The zero-order valence-electron chi connectivity index (χ0n) is 8.99. The topological polar surface area (TPSA) is 17.1 Å². The fraction of sp³-hybridized carbons (Fsp3) is 0.0714. The van der Waals surface area contributed by atoms with Crippen LogP contribution in [0.3, 0.4) is 0 Å². The van der Waals surface area contributed by atoms with E-state index in [1.807, 2.05) is 48.5 Å². The molecule has 0 saturated carbocycles. The van der Waals surface area contributed by atoms with Crippen molar-refractivity contribution >= 4 is 37.6 Å². The molecule has 0 aliphatic rings. The minimum absolute atomic E-state index is 0.135. The number of benzene rings is 2. The van der Waals surface area contributed by atoms with Crippen molar-refractivity contribution in [3.8, 4) is 0 Å². The Morgan fingerprint density at radius 2 is 1.65 bits per heavy atom. The third-order valence-electron chi connectivity index (χ3n) is 2.42. The lowest BCUT2D eigenvalue weighted by Gasteiger charge is -2.02. The lowest BCUT2D eigenvalue weighted by atomic mass is 10.0. The lowest BCUT2D eigenvalue weighted by molar-refractivity contribution is 0.0993. The monoisotopic (exact) mass is 352 g/mol. The standard InChI is InChI=1S/C14H10Br2O/c15-12-6-4-11(5-7-12)14(17)9-10-2-1-3-13(16)8-10/h1-8H,9H2. The highest BCUT2D eigenvalue weighted by molar-refractivity contribution is 9.10. The van der Waals surface area contributed by atoms with E-state index in [4.69, 9.17) is 0 Å². The lowest BCUT2D eigenvalue weighted by Crippen LogP contribution is -2.03. The number of Topliss-reactive ketones (excluding diaryl/α,β-unsaturated/α-hetero) is 1. The van der Waals surface area contributed by atoms with Gasteiger partial charge < -0.3 is 0 Å². The summed E-state index contributed by atoms with van der Waals surface area (Å²) in [6, 6.07) is 15.3. The Balaban J connectivity index is 2.14. The van der Waals surface area contributed by atoms with Gasteiger partial charge in [0.25, 0.3) is 0 Å². The second-order valence-electron chi connectivity index (χ2n) is 3.74. The van der Waals surface area contributed by atoms with Gasteiger partial charge in [0, 0.05) is 20.9 Å². The van der Waals surface area contributed by atoms with Gasteiger partial charge in [0.15, 0.2) is 5.78 Å². The minimum Gasteiger partial charge on any atom is -0.294 e. The molecule has 2 rings (SSSR count). The Morgan fingerprint density at radius 3 is 2.29 bits per heavy atom. The zero-order chi connectivity index (χ0) is 12.3. The van der Waals surface area contributed by atoms with Gasteiger partial charge in [-0.15, -0.1) is 0 Å². The molecule has 3 heteroatoms. The van der Waals surface area contributed by atoms with Gasteiger partial charge in [-0.3, -0.25) is 4.79 Å². The van der Waals surface area contributed by atoms with E-state index in [0.717, 1.165) is 20.1 Å². The minimum atomic E-state index is 0.135. The smallest absolute Gasteiger partial charge is 0.167 e. The van der Waals surface area contributed by atoms with E-state index in [1.54, 1.807) is 0 Å². The van der Waals surface area contributed by atoms with Crippen molar-refractivity contribution in [3.05, 3.63) is 68.6 Å². The summed E-state index contributed by atoms with van der Waals surface area (Å²) in [7, 11) is 0. The molecule has 0 saturated heterocycles. The highest BCUT2D eigenvalue weighted by Gasteiger charge is 2.06. The molecular formula is C14H10Br2O. The van der Waals surface area contributed by atoms with Gasteiger partial charge in [-0.2, -0.15) is 0 Å². The second kappa shape index (κ2) is 5.61. The number of carbonyl (C=O) groups is 1. The van der Waals surface area contributed by atoms with Crippen LogP contribution < -0.4 is 0 Å². The number of carbonyl (C=O) groups excluding carboxylic acids is 1. The molecule has 0 aliphatic carbocycles. The molecule has 0 bridgehead atoms. The van der Waals surface area contributed by atoms with Crippen molar-refractivity contribution in [2.75, 3.05) is 0 Å². The van der Waals surface area contributed by atoms with E-state index in [-0.39, 0.29) is 5.78 Å². The van der Waals surface area contributed by atoms with Crippen molar-refractivity contribution in [1.29, 1.82) is 0 Å². The molecule has 0 heterocycles. The summed E-state index contributed by atoms with van der Waals surface area (Å²) in [5.74, 6) is 0.135. The molecule has 0 radical (unpaired) electrons. The molecule has 2 aromatic carbocycles. The van der Waals surface area contributed by atoms with Crippen molar-refractivity contribution in [1.82, 2.24) is 0 Å². The zero-order valence-corrected chi connectivity index (χ0v) is 12.2. The maximum absolute atomic E-state index is 12.0. The number of halogens is 2. The molecular weight excluding hydrogens is 344 g/mol. The first-order chi connectivity index (χ1) is 8.15. The van der Waals surface area contributed by atoms with Crippen LogP contribution in [0.2, 0.25) is 0 Å². The van der Waals surface area contributed by atoms with E-state index < -0.39 is 0 Å². The summed E-state index contributed by atoms with van der Waals surface area (Å²) in [6.45, 7) is 0. The molecule has 0 spiro atoms. The van der Waals surface area contributed by atoms with Gasteiger partial charge in [-0.25, -0.2) is 0 Å². The van der Waals surface area contributed by atoms with E-state index in [1.165, 1.54) is 0 Å². The number of ketones is 1. The van der Waals surface area contributed by atoms with Crippen molar-refractivity contribution in [2.45, 2.75) is 6.42 Å². The van der Waals surface area contributed by atoms with Crippen LogP contribution in [0.5, 0.6) is 0 Å². The molecule has 0 fully saturated rings. The van der Waals surface area contributed by atoms with Crippen LogP contribution in [0.1, 0.15) is 15.9 Å². The first-order valence-corrected chi connectivity index (χ1v) is 6.77. The summed E-state index contributed by atoms with van der Waals surface area (Å²) < 4.78 is 1.98. The van der Waals surface area contributed by atoms with Gasteiger partial charge in [0.1, 0.15) is 0 Å². The molecule has 86 valence electrons. The third-order valence-corrected chi connectivity index (χ3v) is 3.44. The fourth-order valence-electron chi connectivity index (χ4n) is 1.57. The van der Waals surface area contributed by atoms with Crippen LogP contribution in [-0.2, 0) is 6.42 Å². The molecule has 0 aromatic heterocycles. The Bertz CT molecular complexity index is 532. The van der Waals surface area contributed by atoms with Crippen LogP contribution in [0, 0.1) is 0 Å². The highest BCUT2D eigenvalue weighted by Crippen LogP contribution is 2.15. The Kier molecular flexibility index (Phi) is 4.13. The summed E-state index contributed by atoms with van der Waals surface area (Å²) in [5.41, 5.74) is 1.76. The molecule has 0 amide bonds. The predicted molar refractivity (Wildman–Crippen MR) is 76.3 cm³/mol. The largest absolute Gasteiger partial charge is 0.294 e. The van der Waals surface area contributed by atoms with E-state index in [9.17, 15) is 4.79 Å². The highest BCUT2D eigenvalue weighted by atomic mass is 79.9. The number of hydrogen-bond acceptors (Lipinski definition) is 1. The summed E-state index contributed by atoms with van der Waals surface area (Å²) >= 11 is 6.75. The molecule has 2 aromatic rings. The first kappa shape index (κ1) is 12.5. The van der Waals surface area contributed by atoms with Crippen LogP contribution in [0.25, 0.3) is 0 Å². The number of rotatable bonds is 3. The SMILES string of the molecule is O=C(Cc1cccc(Br)c1)c1ccc(Br)cc1. The fourth-order valence-corrected chi connectivity index (χ4v) is 2.28. The summed E-state index contributed by atoms with van der Waals surface area (Å²) in [5, 5.41) is 0.